The zero-order valence-corrected chi connectivity index (χ0v) is 16.4. The van der Waals surface area contributed by atoms with Crippen molar-refractivity contribution in [3.8, 4) is 0 Å². The highest BCUT2D eigenvalue weighted by molar-refractivity contribution is 14.1. The molecule has 3 aliphatic rings. The lowest BCUT2D eigenvalue weighted by Gasteiger charge is -2.26. The van der Waals surface area contributed by atoms with Gasteiger partial charge >= 0.3 is 0 Å². The lowest BCUT2D eigenvalue weighted by atomic mass is 9.79. The van der Waals surface area contributed by atoms with Gasteiger partial charge in [-0.05, 0) is 81.8 Å². The minimum atomic E-state index is 0.957. The minimum Gasteiger partial charge on any atom is -0.277 e. The van der Waals surface area contributed by atoms with Crippen molar-refractivity contribution in [3.05, 3.63) is 62.3 Å². The molecule has 1 heterocycles. The number of nitrogens with zero attached hydrogens (tertiary/aromatic N) is 1. The summed E-state index contributed by atoms with van der Waals surface area (Å²) < 4.78 is 1.32. The van der Waals surface area contributed by atoms with Gasteiger partial charge in [0.2, 0.25) is 0 Å². The molecule has 0 unspecified atom stereocenters. The molecule has 0 saturated heterocycles. The van der Waals surface area contributed by atoms with Gasteiger partial charge in [-0.15, -0.1) is 11.8 Å². The smallest absolute Gasteiger partial charge is 0.0994 e. The Labute approximate surface area is 160 Å². The molecule has 24 heavy (non-hydrogen) atoms. The molecule has 5 rings (SSSR count). The molecule has 1 aliphatic heterocycles. The second-order valence-corrected chi connectivity index (χ2v) is 8.85. The van der Waals surface area contributed by atoms with E-state index in [0.29, 0.717) is 0 Å². The van der Waals surface area contributed by atoms with Crippen molar-refractivity contribution in [2.75, 3.05) is 12.3 Å². The predicted molar refractivity (Wildman–Crippen MR) is 114 cm³/mol. The number of fused-ring (bicyclic) bond motifs is 4. The Morgan fingerprint density at radius 2 is 1.92 bits per heavy atom. The van der Waals surface area contributed by atoms with E-state index in [4.69, 9.17) is 4.99 Å². The summed E-state index contributed by atoms with van der Waals surface area (Å²) in [5.74, 6) is 1.12. The third-order valence-corrected chi connectivity index (χ3v) is 7.20. The molecule has 0 saturated carbocycles. The number of halogens is 1. The molecule has 0 spiro atoms. The molecule has 0 atom stereocenters. The van der Waals surface area contributed by atoms with Crippen LogP contribution >= 0.6 is 34.4 Å². The van der Waals surface area contributed by atoms with E-state index < -0.39 is 0 Å². The zero-order valence-electron chi connectivity index (χ0n) is 13.4. The van der Waals surface area contributed by atoms with Crippen molar-refractivity contribution < 1.29 is 0 Å². The summed E-state index contributed by atoms with van der Waals surface area (Å²) in [4.78, 5) is 4.75. The summed E-state index contributed by atoms with van der Waals surface area (Å²) in [6.45, 7) is 0.957. The van der Waals surface area contributed by atoms with Gasteiger partial charge in [0.25, 0.3) is 0 Å². The second kappa shape index (κ2) is 6.03. The maximum Gasteiger partial charge on any atom is 0.0994 e. The first-order chi connectivity index (χ1) is 11.8. The fraction of sp³-hybridized carbons (Fsp3) is 0.286. The van der Waals surface area contributed by atoms with Crippen LogP contribution in [0.2, 0.25) is 0 Å². The molecule has 0 N–H and O–H groups in total. The summed E-state index contributed by atoms with van der Waals surface area (Å²) in [5, 5.41) is 4.06. The summed E-state index contributed by atoms with van der Waals surface area (Å²) >= 11 is 4.37. The Morgan fingerprint density at radius 1 is 1.00 bits per heavy atom. The van der Waals surface area contributed by atoms with Crippen LogP contribution < -0.4 is 0 Å². The predicted octanol–water partition coefficient (Wildman–Crippen LogP) is 5.99. The maximum atomic E-state index is 4.75. The van der Waals surface area contributed by atoms with Crippen molar-refractivity contribution in [2.45, 2.75) is 25.7 Å². The van der Waals surface area contributed by atoms with Gasteiger partial charge in [0.05, 0.1) is 5.04 Å². The SMILES string of the molecule is Ic1ccc2c3c(ccc2c1C1=NCCS1)C1=C(CCC=C1)CC3. The Balaban J connectivity index is 1.77. The van der Waals surface area contributed by atoms with Crippen molar-refractivity contribution in [1.82, 2.24) is 0 Å². The van der Waals surface area contributed by atoms with E-state index in [9.17, 15) is 0 Å². The molecule has 3 heteroatoms. The van der Waals surface area contributed by atoms with Crippen molar-refractivity contribution in [1.29, 1.82) is 0 Å². The molecule has 0 aromatic heterocycles. The third-order valence-electron chi connectivity index (χ3n) is 5.31. The van der Waals surface area contributed by atoms with E-state index in [1.807, 2.05) is 11.8 Å². The van der Waals surface area contributed by atoms with Crippen LogP contribution in [0.25, 0.3) is 16.3 Å². The maximum absolute atomic E-state index is 4.75. The van der Waals surface area contributed by atoms with Crippen LogP contribution in [-0.2, 0) is 6.42 Å². The summed E-state index contributed by atoms with van der Waals surface area (Å²) in [6.07, 6.45) is 9.55. The molecule has 2 aliphatic carbocycles. The lowest BCUT2D eigenvalue weighted by molar-refractivity contribution is 0.831. The molecular weight excluding hydrogens is 425 g/mol. The van der Waals surface area contributed by atoms with E-state index in [1.54, 1.807) is 11.1 Å². The van der Waals surface area contributed by atoms with Crippen LogP contribution in [-0.4, -0.2) is 17.3 Å². The van der Waals surface area contributed by atoms with Gasteiger partial charge in [-0.25, -0.2) is 0 Å². The van der Waals surface area contributed by atoms with Crippen LogP contribution in [0.4, 0.5) is 0 Å². The van der Waals surface area contributed by atoms with Crippen LogP contribution in [0.1, 0.15) is 36.0 Å². The molecular formula is C21H18INS. The van der Waals surface area contributed by atoms with Gasteiger partial charge in [-0.2, -0.15) is 0 Å². The number of hydrogen-bond donors (Lipinski definition) is 0. The van der Waals surface area contributed by atoms with Crippen LogP contribution in [0, 0.1) is 3.57 Å². The average molecular weight is 443 g/mol. The Kier molecular flexibility index (Phi) is 3.82. The Hall–Kier alpha value is -1.07. The highest BCUT2D eigenvalue weighted by Gasteiger charge is 2.23. The molecule has 0 radical (unpaired) electrons. The van der Waals surface area contributed by atoms with Crippen molar-refractivity contribution >= 4 is 55.7 Å². The average Bonchev–Trinajstić information content (AvgIpc) is 3.15. The summed E-state index contributed by atoms with van der Waals surface area (Å²) in [5.41, 5.74) is 7.52. The van der Waals surface area contributed by atoms with Crippen molar-refractivity contribution in [3.63, 3.8) is 0 Å². The van der Waals surface area contributed by atoms with E-state index in [-0.39, 0.29) is 0 Å². The van der Waals surface area contributed by atoms with Gasteiger partial charge in [-0.1, -0.05) is 35.9 Å². The standard InChI is InChI=1S/C21H18INS/c22-19-10-9-17-16-6-5-13-3-1-2-4-14(13)15(16)7-8-18(17)20(19)21-23-11-12-24-21/h2,4,7-10H,1,3,5-6,11-12H2. The first-order valence-electron chi connectivity index (χ1n) is 8.63. The van der Waals surface area contributed by atoms with Gasteiger partial charge < -0.3 is 0 Å². The van der Waals surface area contributed by atoms with Gasteiger partial charge in [0.15, 0.2) is 0 Å². The monoisotopic (exact) mass is 443 g/mol. The highest BCUT2D eigenvalue weighted by Crippen LogP contribution is 2.41. The van der Waals surface area contributed by atoms with Gasteiger partial charge in [0.1, 0.15) is 0 Å². The number of aliphatic imine (C=N–C) groups is 1. The number of aryl methyl sites for hydroxylation is 1. The van der Waals surface area contributed by atoms with E-state index in [0.717, 1.165) is 12.3 Å². The largest absolute Gasteiger partial charge is 0.277 e. The first-order valence-corrected chi connectivity index (χ1v) is 10.7. The molecule has 0 bridgehead atoms. The topological polar surface area (TPSA) is 12.4 Å². The van der Waals surface area contributed by atoms with Crippen LogP contribution in [0.3, 0.4) is 0 Å². The van der Waals surface area contributed by atoms with Gasteiger partial charge in [0, 0.05) is 21.4 Å². The molecule has 2 aromatic carbocycles. The molecule has 2 aromatic rings. The lowest BCUT2D eigenvalue weighted by Crippen LogP contribution is -2.08. The molecule has 120 valence electrons. The number of benzene rings is 2. The Bertz CT molecular complexity index is 952. The highest BCUT2D eigenvalue weighted by atomic mass is 127. The Morgan fingerprint density at radius 3 is 2.79 bits per heavy atom. The van der Waals surface area contributed by atoms with E-state index in [1.165, 1.54) is 61.8 Å². The molecule has 0 amide bonds. The summed E-state index contributed by atoms with van der Waals surface area (Å²) in [7, 11) is 0. The minimum absolute atomic E-state index is 0.957. The third kappa shape index (κ3) is 2.31. The van der Waals surface area contributed by atoms with Crippen LogP contribution in [0.15, 0.2) is 47.0 Å². The van der Waals surface area contributed by atoms with E-state index >= 15 is 0 Å². The number of rotatable bonds is 1. The normalized spacial score (nSPS) is 19.5. The molecule has 1 nitrogen and oxygen atoms in total. The van der Waals surface area contributed by atoms with Gasteiger partial charge in [-0.3, -0.25) is 4.99 Å². The fourth-order valence-corrected chi connectivity index (χ4v) is 6.03. The number of thioether (sulfide) groups is 1. The number of allylic oxidation sites excluding steroid dienone is 4. The van der Waals surface area contributed by atoms with Crippen LogP contribution in [0.5, 0.6) is 0 Å². The first kappa shape index (κ1) is 15.2. The fourth-order valence-electron chi connectivity index (χ4n) is 4.19. The second-order valence-electron chi connectivity index (χ2n) is 6.60. The quantitative estimate of drug-likeness (QED) is 0.494. The zero-order chi connectivity index (χ0) is 16.1. The van der Waals surface area contributed by atoms with E-state index in [2.05, 4.69) is 59.0 Å². The number of hydrogen-bond acceptors (Lipinski definition) is 2. The molecule has 0 fully saturated rings. The summed E-state index contributed by atoms with van der Waals surface area (Å²) in [6, 6.07) is 9.31. The van der Waals surface area contributed by atoms with Crippen molar-refractivity contribution in [2.24, 2.45) is 4.99 Å².